The summed E-state index contributed by atoms with van der Waals surface area (Å²) in [7, 11) is 0. The van der Waals surface area contributed by atoms with Crippen LogP contribution in [-0.2, 0) is 60.6 Å². The van der Waals surface area contributed by atoms with Crippen LogP contribution in [0.2, 0.25) is 0 Å². The molecule has 0 bridgehead atoms. The number of nitrogens with one attached hydrogen (secondary N) is 5. The van der Waals surface area contributed by atoms with Crippen molar-refractivity contribution in [3.05, 3.63) is 156 Å². The number of aliphatic hydroxyl groups is 6. The zero-order valence-electron chi connectivity index (χ0n) is 56.3. The van der Waals surface area contributed by atoms with E-state index in [-0.39, 0.29) is 109 Å². The number of Topliss-reactive ketones (excluding diaryl/α,β-unsaturated/α-hetero) is 1. The van der Waals surface area contributed by atoms with Gasteiger partial charge in [-0.05, 0) is 92.5 Å². The Morgan fingerprint density at radius 2 is 1.03 bits per heavy atom. The molecule has 0 saturated carbocycles. The summed E-state index contributed by atoms with van der Waals surface area (Å²) in [6.07, 6.45) is -11.3. The Bertz CT molecular complexity index is 3680. The second kappa shape index (κ2) is 41.5. The molecule has 12 atom stereocenters. The minimum absolute atomic E-state index is 0. The van der Waals surface area contributed by atoms with Gasteiger partial charge in [-0.3, -0.25) is 28.8 Å². The smallest absolute Gasteiger partial charge is 0.870 e. The zero-order chi connectivity index (χ0) is 69.7. The van der Waals surface area contributed by atoms with Gasteiger partial charge in [-0.1, -0.05) is 121 Å². The fourth-order valence-corrected chi connectivity index (χ4v) is 13.2. The number of aliphatic hydroxyl groups excluding tert-OH is 6. The Kier molecular flexibility index (Phi) is 35.3. The molecule has 2 heterocycles. The summed E-state index contributed by atoms with van der Waals surface area (Å²) >= 11 is 3.02. The third-order valence-electron chi connectivity index (χ3n) is 16.6. The number of hydrogen-bond donors (Lipinski definition) is 11. The van der Waals surface area contributed by atoms with E-state index in [2.05, 4.69) is 26.6 Å². The number of hydrogen-bond acceptors (Lipinski definition) is 22. The number of rotatable bonds is 36. The molecule has 8 rings (SSSR count). The van der Waals surface area contributed by atoms with Crippen molar-refractivity contribution in [1.82, 2.24) is 26.6 Å². The monoisotopic (exact) mass is 1440 g/mol. The van der Waals surface area contributed by atoms with Crippen LogP contribution in [0.15, 0.2) is 133 Å². The van der Waals surface area contributed by atoms with Crippen LogP contribution in [0.3, 0.4) is 0 Å². The molecular weight excluding hydrogens is 1350 g/mol. The van der Waals surface area contributed by atoms with E-state index in [9.17, 15) is 74.1 Å². The number of ether oxygens (including phenoxy) is 4. The Balaban J connectivity index is 0.00000601. The van der Waals surface area contributed by atoms with Gasteiger partial charge < -0.3 is 96.3 Å². The van der Waals surface area contributed by atoms with Gasteiger partial charge in [0.15, 0.2) is 5.78 Å². The van der Waals surface area contributed by atoms with E-state index >= 15 is 0 Å². The van der Waals surface area contributed by atoms with E-state index in [0.717, 1.165) is 45.2 Å². The van der Waals surface area contributed by atoms with Crippen molar-refractivity contribution >= 4 is 92.6 Å². The first-order valence-corrected chi connectivity index (χ1v) is 34.4. The molecule has 5 amide bonds. The first-order chi connectivity index (χ1) is 46.6. The normalized spacial score (nSPS) is 21.4. The third kappa shape index (κ3) is 24.5. The molecule has 2 aliphatic rings. The molecule has 528 valence electrons. The first-order valence-electron chi connectivity index (χ1n) is 32.1. The molecule has 100 heavy (non-hydrogen) atoms. The average Bonchev–Trinajstić information content (AvgIpc) is 0.779. The summed E-state index contributed by atoms with van der Waals surface area (Å²) in [6, 6.07) is 38.0. The van der Waals surface area contributed by atoms with Crippen LogP contribution in [0.5, 0.6) is 0 Å². The molecule has 2 fully saturated rings. The van der Waals surface area contributed by atoms with Crippen LogP contribution >= 0.6 is 23.5 Å². The fourth-order valence-electron chi connectivity index (χ4n) is 11.6. The summed E-state index contributed by atoms with van der Waals surface area (Å²) in [5, 5.41) is 96.3. The number of carboxylic acids is 1. The van der Waals surface area contributed by atoms with Crippen molar-refractivity contribution < 1.29 is 158 Å². The van der Waals surface area contributed by atoms with Gasteiger partial charge in [0.25, 0.3) is 5.91 Å². The molecule has 0 aromatic heterocycles. The molecule has 6 aromatic rings. The van der Waals surface area contributed by atoms with E-state index in [0.29, 0.717) is 65.5 Å². The third-order valence-corrected chi connectivity index (χ3v) is 18.9. The molecule has 0 unspecified atom stereocenters. The number of fused-ring (bicyclic) bond motifs is 2. The molecule has 2 aliphatic heterocycles. The van der Waals surface area contributed by atoms with E-state index in [1.165, 1.54) is 30.4 Å². The van der Waals surface area contributed by atoms with Crippen molar-refractivity contribution in [2.75, 3.05) is 55.9 Å². The largest absolute Gasteiger partial charge is 1.00 e. The van der Waals surface area contributed by atoms with Gasteiger partial charge in [-0.25, -0.2) is 6.29 Å². The van der Waals surface area contributed by atoms with Crippen molar-refractivity contribution in [1.29, 1.82) is 0 Å². The predicted molar refractivity (Wildman–Crippen MR) is 363 cm³/mol. The molecule has 0 spiro atoms. The molecule has 0 aliphatic carbocycles. The molecule has 12 N–H and O–H groups in total. The number of carboxylic acid groups (broad SMARTS) is 1. The molecule has 25 nitrogen and oxygen atoms in total. The summed E-state index contributed by atoms with van der Waals surface area (Å²) < 4.78 is 23.3. The quantitative estimate of drug-likeness (QED) is 0.00777. The minimum Gasteiger partial charge on any atom is -0.870 e. The van der Waals surface area contributed by atoms with E-state index in [1.807, 2.05) is 103 Å². The number of ketones is 1. The topological polar surface area (TPSA) is 408 Å². The van der Waals surface area contributed by atoms with E-state index in [4.69, 9.17) is 18.9 Å². The second-order valence-corrected chi connectivity index (χ2v) is 26.5. The molecule has 29 heteroatoms. The second-order valence-electron chi connectivity index (χ2n) is 24.1. The average molecular weight is 1440 g/mol. The van der Waals surface area contributed by atoms with Gasteiger partial charge in [0.05, 0.1) is 61.7 Å². The van der Waals surface area contributed by atoms with Crippen molar-refractivity contribution in [2.45, 2.75) is 138 Å². The summed E-state index contributed by atoms with van der Waals surface area (Å²) in [6.45, 7) is 1.61. The Morgan fingerprint density at radius 3 is 1.52 bits per heavy atom. The number of amides is 5. The fraction of sp³-hybridized carbons (Fsp3) is 0.437. The van der Waals surface area contributed by atoms with Gasteiger partial charge >= 0.3 is 59.1 Å². The van der Waals surface area contributed by atoms with Crippen LogP contribution < -0.4 is 90.8 Å². The number of carbonyl (C=O) groups is 7. The SMILES string of the molecule is CC(=O)N[C@H]1[C@H]([C@H](O)[C@H](O)CNC(=O)Cc2ccc3ccccc3c2)O[C@]([C-]=O)(OCCCSCCNC(=O)c2ccc(-c3ccc(C(=O)CCCSCCCO[C@]4(C(=O)[O-])C[C@H](O)[C@@H](NC(C)=O)[C@H]([C@H](O)[C@H](O)CNC(=O)Cc5ccc6ccccc6c5)O4)cc3)cc2)C[C@@H]1O.[Na+].[Na+].[OH-]. The summed E-state index contributed by atoms with van der Waals surface area (Å²) in [5.74, 6) is -6.79. The Morgan fingerprint density at radius 1 is 0.580 bits per heavy atom. The molecule has 2 saturated heterocycles. The van der Waals surface area contributed by atoms with Crippen molar-refractivity contribution in [2.24, 2.45) is 0 Å². The summed E-state index contributed by atoms with van der Waals surface area (Å²) in [5.41, 5.74) is 4.08. The van der Waals surface area contributed by atoms with Gasteiger partial charge in [0, 0.05) is 76.2 Å². The number of benzene rings is 6. The van der Waals surface area contributed by atoms with Crippen LogP contribution in [0.25, 0.3) is 32.7 Å². The van der Waals surface area contributed by atoms with Gasteiger partial charge in [-0.15, -0.1) is 0 Å². The zero-order valence-corrected chi connectivity index (χ0v) is 61.9. The standard InChI is InChI=1S/C71H84N5O19S2.2Na.H2O/c1-43(78)75-62-56(81)38-70(42-77,94-66(62)64(87)58(83)40-73-60(85)36-45-15-17-47-10-3-5-12-53(47)34-45)92-28-8-32-97-33-27-72-68(89)52-25-21-50(22-26-52)49-19-23-51(24-20-49)55(80)14-7-30-96-31-9-29-93-71(69(90)91)39-57(82)63(76-44(2)79)67(95-71)65(88)59(84)41-74-61(86)37-46-16-18-48-11-4-6-13-54(48)35-46;;;/h3-6,10-13,15-26,34-35,56-59,62-67,81-84,87-88H,7-9,14,27-33,36-41H2,1-2H3,(H,72,89)(H,73,85)(H,74,86)(H,75,78)(H,76,79)(H,90,91);;;1H2/q-1;2*+1;/p-2/t56-,57-,58+,59+,62+,63+,64+,65+,66+,67+,70+,71+;;;/m0.../s1. The van der Waals surface area contributed by atoms with Crippen molar-refractivity contribution in [3.63, 3.8) is 0 Å². The Hall–Kier alpha value is -5.74. The summed E-state index contributed by atoms with van der Waals surface area (Å²) in [4.78, 5) is 101. The molecule has 6 aromatic carbocycles. The Labute approximate surface area is 632 Å². The van der Waals surface area contributed by atoms with Crippen LogP contribution in [-0.4, -0.2) is 212 Å². The van der Waals surface area contributed by atoms with Gasteiger partial charge in [-0.2, -0.15) is 23.5 Å². The van der Waals surface area contributed by atoms with Crippen LogP contribution in [0.4, 0.5) is 0 Å². The minimum atomic E-state index is -2.56. The number of aliphatic carboxylic acids is 1. The number of carbonyl (C=O) groups excluding carboxylic acids is 8. The maximum Gasteiger partial charge on any atom is 1.00 e. The van der Waals surface area contributed by atoms with Crippen molar-refractivity contribution in [3.8, 4) is 11.1 Å². The van der Waals surface area contributed by atoms with Gasteiger partial charge in [0.1, 0.15) is 30.4 Å². The molecule has 0 radical (unpaired) electrons. The van der Waals surface area contributed by atoms with E-state index < -0.39 is 128 Å². The maximum absolute atomic E-state index is 13.1. The van der Waals surface area contributed by atoms with Crippen LogP contribution in [0, 0.1) is 0 Å². The van der Waals surface area contributed by atoms with Crippen LogP contribution in [0.1, 0.15) is 84.2 Å². The first kappa shape index (κ1) is 84.9. The predicted octanol–water partition coefficient (Wildman–Crippen LogP) is -3.81. The number of thioether (sulfide) groups is 2. The van der Waals surface area contributed by atoms with E-state index in [1.54, 1.807) is 36.6 Å². The van der Waals surface area contributed by atoms with Gasteiger partial charge in [0.2, 0.25) is 29.4 Å². The maximum atomic E-state index is 13.1. The molecular formula is C71H84N5Na2O20S2-.